The Morgan fingerprint density at radius 2 is 2.00 bits per heavy atom. The molecule has 6 heteroatoms. The number of hydrogen-bond acceptors (Lipinski definition) is 3. The lowest BCUT2D eigenvalue weighted by Gasteiger charge is -2.10. The highest BCUT2D eigenvalue weighted by Gasteiger charge is 2.17. The van der Waals surface area contributed by atoms with Crippen molar-refractivity contribution in [1.29, 1.82) is 0 Å². The maximum Gasteiger partial charge on any atom is 0.241 e. The van der Waals surface area contributed by atoms with Gasteiger partial charge in [0.15, 0.2) is 0 Å². The first kappa shape index (κ1) is 14.6. The number of aryl methyl sites for hydroxylation is 2. The Morgan fingerprint density at radius 1 is 1.25 bits per heavy atom. The summed E-state index contributed by atoms with van der Waals surface area (Å²) in [5.74, 6) is -0.532. The van der Waals surface area contributed by atoms with E-state index in [4.69, 9.17) is 0 Å². The van der Waals surface area contributed by atoms with Crippen LogP contribution in [0.5, 0.6) is 0 Å². The third-order valence-electron chi connectivity index (χ3n) is 2.88. The Balaban J connectivity index is 2.22. The van der Waals surface area contributed by atoms with Crippen LogP contribution in [0.1, 0.15) is 16.8 Å². The Bertz CT molecular complexity index is 730. The van der Waals surface area contributed by atoms with Crippen LogP contribution >= 0.6 is 0 Å². The van der Waals surface area contributed by atoms with Gasteiger partial charge in [-0.3, -0.25) is 4.98 Å². The van der Waals surface area contributed by atoms with Crippen LogP contribution in [0, 0.1) is 19.7 Å². The van der Waals surface area contributed by atoms with E-state index in [1.54, 1.807) is 25.1 Å². The molecule has 0 radical (unpaired) electrons. The molecule has 0 atom stereocenters. The van der Waals surface area contributed by atoms with Gasteiger partial charge in [-0.25, -0.2) is 17.5 Å². The molecule has 1 heterocycles. The molecule has 0 amide bonds. The molecular weight excluding hydrogens is 279 g/mol. The smallest absolute Gasteiger partial charge is 0.241 e. The van der Waals surface area contributed by atoms with Crippen molar-refractivity contribution >= 4 is 10.0 Å². The highest BCUT2D eigenvalue weighted by molar-refractivity contribution is 7.89. The molecule has 106 valence electrons. The van der Waals surface area contributed by atoms with E-state index in [1.807, 2.05) is 6.92 Å². The summed E-state index contributed by atoms with van der Waals surface area (Å²) in [6.07, 6.45) is 1.42. The summed E-state index contributed by atoms with van der Waals surface area (Å²) in [5, 5.41) is 0. The van der Waals surface area contributed by atoms with Gasteiger partial charge in [-0.15, -0.1) is 0 Å². The third-order valence-corrected chi connectivity index (χ3v) is 4.45. The fourth-order valence-corrected chi connectivity index (χ4v) is 3.10. The normalized spacial score (nSPS) is 11.6. The average Bonchev–Trinajstić information content (AvgIpc) is 2.37. The Morgan fingerprint density at radius 3 is 2.65 bits per heavy atom. The molecule has 0 aliphatic rings. The summed E-state index contributed by atoms with van der Waals surface area (Å²) in [4.78, 5) is 4.00. The molecule has 0 unspecified atom stereocenters. The molecule has 0 saturated carbocycles. The lowest BCUT2D eigenvalue weighted by Crippen LogP contribution is -2.25. The zero-order valence-electron chi connectivity index (χ0n) is 11.2. The lowest BCUT2D eigenvalue weighted by atomic mass is 10.2. The number of halogens is 1. The number of pyridine rings is 1. The highest BCUT2D eigenvalue weighted by Crippen LogP contribution is 2.16. The number of benzene rings is 1. The van der Waals surface area contributed by atoms with E-state index in [0.717, 1.165) is 5.56 Å². The van der Waals surface area contributed by atoms with Crippen molar-refractivity contribution < 1.29 is 12.8 Å². The van der Waals surface area contributed by atoms with Crippen LogP contribution in [-0.4, -0.2) is 13.4 Å². The third kappa shape index (κ3) is 3.20. The maximum atomic E-state index is 13.4. The van der Waals surface area contributed by atoms with E-state index >= 15 is 0 Å². The SMILES string of the molecule is Cc1ccc(S(=O)(=O)NCc2ncccc2F)c(C)c1. The van der Waals surface area contributed by atoms with Crippen LogP contribution in [0.2, 0.25) is 0 Å². The largest absolute Gasteiger partial charge is 0.257 e. The van der Waals surface area contributed by atoms with E-state index in [9.17, 15) is 12.8 Å². The van der Waals surface area contributed by atoms with E-state index in [2.05, 4.69) is 9.71 Å². The first-order valence-electron chi connectivity index (χ1n) is 6.06. The number of aromatic nitrogens is 1. The van der Waals surface area contributed by atoms with E-state index in [-0.39, 0.29) is 17.1 Å². The molecule has 1 aromatic heterocycles. The summed E-state index contributed by atoms with van der Waals surface area (Å²) in [5.41, 5.74) is 1.71. The van der Waals surface area contributed by atoms with Gasteiger partial charge in [-0.2, -0.15) is 0 Å². The molecule has 2 aromatic rings. The topological polar surface area (TPSA) is 59.1 Å². The van der Waals surface area contributed by atoms with Gasteiger partial charge >= 0.3 is 0 Å². The van der Waals surface area contributed by atoms with E-state index < -0.39 is 15.8 Å². The summed E-state index contributed by atoms with van der Waals surface area (Å²) in [6, 6.07) is 7.76. The summed E-state index contributed by atoms with van der Waals surface area (Å²) >= 11 is 0. The van der Waals surface area contributed by atoms with Gasteiger partial charge in [-0.05, 0) is 37.6 Å². The maximum absolute atomic E-state index is 13.4. The Labute approximate surface area is 117 Å². The average molecular weight is 294 g/mol. The van der Waals surface area contributed by atoms with Gasteiger partial charge in [0.25, 0.3) is 0 Å². The van der Waals surface area contributed by atoms with Crippen molar-refractivity contribution in [3.63, 3.8) is 0 Å². The van der Waals surface area contributed by atoms with Crippen molar-refractivity contribution in [2.24, 2.45) is 0 Å². The molecule has 0 saturated heterocycles. The second kappa shape index (κ2) is 5.68. The molecule has 20 heavy (non-hydrogen) atoms. The number of hydrogen-bond donors (Lipinski definition) is 1. The molecule has 2 rings (SSSR count). The molecule has 0 aliphatic carbocycles. The molecule has 1 aromatic carbocycles. The predicted molar refractivity (Wildman–Crippen MR) is 74.1 cm³/mol. The van der Waals surface area contributed by atoms with Crippen LogP contribution in [0.15, 0.2) is 41.4 Å². The first-order chi connectivity index (χ1) is 9.40. The van der Waals surface area contributed by atoms with Crippen molar-refractivity contribution in [3.8, 4) is 0 Å². The van der Waals surface area contributed by atoms with Crippen LogP contribution in [0.3, 0.4) is 0 Å². The van der Waals surface area contributed by atoms with Gasteiger partial charge in [0.05, 0.1) is 17.1 Å². The lowest BCUT2D eigenvalue weighted by molar-refractivity contribution is 0.569. The van der Waals surface area contributed by atoms with Crippen molar-refractivity contribution in [1.82, 2.24) is 9.71 Å². The number of sulfonamides is 1. The van der Waals surface area contributed by atoms with Crippen LogP contribution in [0.4, 0.5) is 4.39 Å². The minimum atomic E-state index is -3.68. The molecule has 1 N–H and O–H groups in total. The quantitative estimate of drug-likeness (QED) is 0.941. The van der Waals surface area contributed by atoms with Gasteiger partial charge in [0.1, 0.15) is 5.82 Å². The molecule has 4 nitrogen and oxygen atoms in total. The van der Waals surface area contributed by atoms with Crippen LogP contribution in [-0.2, 0) is 16.6 Å². The van der Waals surface area contributed by atoms with Crippen molar-refractivity contribution in [2.75, 3.05) is 0 Å². The second-order valence-electron chi connectivity index (χ2n) is 4.53. The zero-order valence-corrected chi connectivity index (χ0v) is 12.0. The predicted octanol–water partition coefficient (Wildman–Crippen LogP) is 2.32. The standard InChI is InChI=1S/C14H15FN2O2S/c1-10-5-6-14(11(2)8-10)20(18,19)17-9-13-12(15)4-3-7-16-13/h3-8,17H,9H2,1-2H3. The fraction of sp³-hybridized carbons (Fsp3) is 0.214. The van der Waals surface area contributed by atoms with E-state index in [1.165, 1.54) is 18.3 Å². The molecule has 0 spiro atoms. The molecular formula is C14H15FN2O2S. The first-order valence-corrected chi connectivity index (χ1v) is 7.55. The zero-order chi connectivity index (χ0) is 14.8. The summed E-state index contributed by atoms with van der Waals surface area (Å²) in [6.45, 7) is 3.44. The Kier molecular flexibility index (Phi) is 4.15. The molecule has 0 bridgehead atoms. The van der Waals surface area contributed by atoms with Crippen molar-refractivity contribution in [2.45, 2.75) is 25.3 Å². The van der Waals surface area contributed by atoms with Gasteiger partial charge in [-0.1, -0.05) is 17.7 Å². The van der Waals surface area contributed by atoms with Crippen LogP contribution in [0.25, 0.3) is 0 Å². The van der Waals surface area contributed by atoms with Gasteiger partial charge in [0, 0.05) is 6.20 Å². The molecule has 0 aliphatic heterocycles. The highest BCUT2D eigenvalue weighted by atomic mass is 32.2. The summed E-state index contributed by atoms with van der Waals surface area (Å²) in [7, 11) is -3.68. The minimum Gasteiger partial charge on any atom is -0.257 e. The molecule has 0 fully saturated rings. The van der Waals surface area contributed by atoms with Crippen molar-refractivity contribution in [3.05, 3.63) is 59.2 Å². The Hall–Kier alpha value is -1.79. The number of nitrogens with one attached hydrogen (secondary N) is 1. The van der Waals surface area contributed by atoms with E-state index in [0.29, 0.717) is 5.56 Å². The minimum absolute atomic E-state index is 0.0702. The summed E-state index contributed by atoms with van der Waals surface area (Å²) < 4.78 is 40.1. The second-order valence-corrected chi connectivity index (χ2v) is 6.26. The fourth-order valence-electron chi connectivity index (χ4n) is 1.89. The van der Waals surface area contributed by atoms with Gasteiger partial charge in [0.2, 0.25) is 10.0 Å². The number of rotatable bonds is 4. The van der Waals surface area contributed by atoms with Gasteiger partial charge < -0.3 is 0 Å². The monoisotopic (exact) mass is 294 g/mol. The number of nitrogens with zero attached hydrogens (tertiary/aromatic N) is 1. The van der Waals surface area contributed by atoms with Crippen LogP contribution < -0.4 is 4.72 Å².